The molecule has 0 aromatic carbocycles. The molecule has 0 spiro atoms. The van der Waals surface area contributed by atoms with E-state index in [1.54, 1.807) is 18.4 Å². The van der Waals surface area contributed by atoms with Crippen LogP contribution in [0, 0.1) is 12.5 Å². The zero-order valence-electron chi connectivity index (χ0n) is 5.13. The van der Waals surface area contributed by atoms with Gasteiger partial charge in [-0.2, -0.15) is 0 Å². The molecule has 0 N–H and O–H groups in total. The van der Waals surface area contributed by atoms with Crippen LogP contribution in [0.15, 0.2) is 33.3 Å². The fourth-order valence-electron chi connectivity index (χ4n) is 0.519. The Hall–Kier alpha value is -1.44. The minimum atomic E-state index is 1.03. The number of fused-ring (bicyclic) bond motifs is 1. The summed E-state index contributed by atoms with van der Waals surface area (Å²) < 4.78 is 9.04. The highest BCUT2D eigenvalue weighted by atomic mass is 16.4. The summed E-state index contributed by atoms with van der Waals surface area (Å²) in [6.45, 7) is 0. The third kappa shape index (κ3) is 0.957. The van der Waals surface area contributed by atoms with Crippen LogP contribution in [0.3, 0.4) is 0 Å². The van der Waals surface area contributed by atoms with Gasteiger partial charge >= 0.3 is 0 Å². The average molecular weight is 132 g/mol. The van der Waals surface area contributed by atoms with Gasteiger partial charge in [0.15, 0.2) is 12.5 Å². The predicted octanol–water partition coefficient (Wildman–Crippen LogP) is 2.14. The first-order valence-electron chi connectivity index (χ1n) is 2.88. The molecule has 2 radical (unpaired) electrons. The lowest BCUT2D eigenvalue weighted by Crippen LogP contribution is -1.53. The SMILES string of the molecule is [c]1ccco1.[c]1oc2cc1-2. The molecule has 0 saturated carbocycles. The zero-order chi connectivity index (χ0) is 6.81. The van der Waals surface area contributed by atoms with E-state index in [1.165, 1.54) is 5.56 Å². The maximum Gasteiger partial charge on any atom is 0.181 e. The molecule has 0 fully saturated rings. The van der Waals surface area contributed by atoms with Crippen molar-refractivity contribution in [3.63, 3.8) is 0 Å². The van der Waals surface area contributed by atoms with Gasteiger partial charge in [-0.3, -0.25) is 0 Å². The lowest BCUT2D eigenvalue weighted by molar-refractivity contribution is 0.546. The third-order valence-corrected chi connectivity index (χ3v) is 1.11. The summed E-state index contributed by atoms with van der Waals surface area (Å²) in [7, 11) is 0. The maximum atomic E-state index is 4.58. The third-order valence-electron chi connectivity index (χ3n) is 1.11. The van der Waals surface area contributed by atoms with E-state index < -0.39 is 0 Å². The van der Waals surface area contributed by atoms with Crippen molar-refractivity contribution in [2.24, 2.45) is 0 Å². The second-order valence-electron chi connectivity index (χ2n) is 1.86. The molecule has 1 aliphatic carbocycles. The molecule has 10 heavy (non-hydrogen) atoms. The predicted molar refractivity (Wildman–Crippen MR) is 34.1 cm³/mol. The highest BCUT2D eigenvalue weighted by Gasteiger charge is 2.17. The fraction of sp³-hybridized carbons (Fsp3) is 0. The molecule has 1 aromatic heterocycles. The van der Waals surface area contributed by atoms with E-state index in [2.05, 4.69) is 21.4 Å². The molecular formula is C8H4O2. The first-order valence-corrected chi connectivity index (χ1v) is 2.88. The molecule has 3 rings (SSSR count). The van der Waals surface area contributed by atoms with Gasteiger partial charge in [0.05, 0.1) is 11.8 Å². The van der Waals surface area contributed by atoms with Gasteiger partial charge in [-0.25, -0.2) is 0 Å². The maximum absolute atomic E-state index is 4.58. The van der Waals surface area contributed by atoms with Crippen molar-refractivity contribution in [3.8, 4) is 11.3 Å². The van der Waals surface area contributed by atoms with Crippen LogP contribution >= 0.6 is 0 Å². The molecule has 2 nitrogen and oxygen atoms in total. The summed E-state index contributed by atoms with van der Waals surface area (Å²) in [4.78, 5) is 0. The normalized spacial score (nSPS) is 10.0. The Balaban J connectivity index is 0.0000000807. The molecule has 0 atom stereocenters. The number of rotatable bonds is 0. The Bertz CT molecular complexity index is 250. The summed E-state index contributed by atoms with van der Waals surface area (Å²) in [5.41, 5.74) is 1.17. The van der Waals surface area contributed by atoms with E-state index in [-0.39, 0.29) is 0 Å². The van der Waals surface area contributed by atoms with Crippen molar-refractivity contribution >= 4 is 0 Å². The van der Waals surface area contributed by atoms with Crippen LogP contribution in [0.5, 0.6) is 0 Å². The van der Waals surface area contributed by atoms with Crippen LogP contribution in [0.4, 0.5) is 0 Å². The quantitative estimate of drug-likeness (QED) is 0.468. The first-order chi connectivity index (χ1) is 4.97. The van der Waals surface area contributed by atoms with Crippen molar-refractivity contribution < 1.29 is 8.83 Å². The van der Waals surface area contributed by atoms with E-state index in [9.17, 15) is 0 Å². The van der Waals surface area contributed by atoms with Crippen molar-refractivity contribution in [2.45, 2.75) is 0 Å². The van der Waals surface area contributed by atoms with Gasteiger partial charge in [0.1, 0.15) is 5.76 Å². The number of furan rings is 2. The summed E-state index contributed by atoms with van der Waals surface area (Å²) in [5.74, 6) is 1.03. The molecule has 2 aliphatic rings. The van der Waals surface area contributed by atoms with E-state index in [4.69, 9.17) is 0 Å². The summed E-state index contributed by atoms with van der Waals surface area (Å²) in [6.07, 6.45) is 6.66. The number of hydrogen-bond acceptors (Lipinski definition) is 2. The van der Waals surface area contributed by atoms with Crippen LogP contribution < -0.4 is 0 Å². The van der Waals surface area contributed by atoms with E-state index in [0.717, 1.165) is 5.76 Å². The Morgan fingerprint density at radius 1 is 1.40 bits per heavy atom. The van der Waals surface area contributed by atoms with Crippen LogP contribution in [-0.2, 0) is 0 Å². The van der Waals surface area contributed by atoms with Crippen LogP contribution in [0.1, 0.15) is 0 Å². The highest BCUT2D eigenvalue weighted by molar-refractivity contribution is 5.73. The van der Waals surface area contributed by atoms with Gasteiger partial charge in [-0.1, -0.05) is 0 Å². The largest absolute Gasteiger partial charge is 0.461 e. The van der Waals surface area contributed by atoms with Crippen LogP contribution in [0.2, 0.25) is 0 Å². The van der Waals surface area contributed by atoms with Gasteiger partial charge < -0.3 is 8.83 Å². The topological polar surface area (TPSA) is 26.3 Å². The number of hydrogen-bond donors (Lipinski definition) is 0. The van der Waals surface area contributed by atoms with Gasteiger partial charge in [0.25, 0.3) is 0 Å². The lowest BCUT2D eigenvalue weighted by atomic mass is 10.6. The molecule has 0 saturated heterocycles. The Kier molecular flexibility index (Phi) is 1.10. The minimum Gasteiger partial charge on any atom is -0.461 e. The van der Waals surface area contributed by atoms with E-state index in [1.807, 2.05) is 6.07 Å². The van der Waals surface area contributed by atoms with Crippen molar-refractivity contribution in [1.82, 2.24) is 0 Å². The van der Waals surface area contributed by atoms with E-state index in [0.29, 0.717) is 0 Å². The van der Waals surface area contributed by atoms with E-state index >= 15 is 0 Å². The van der Waals surface area contributed by atoms with Crippen LogP contribution in [-0.4, -0.2) is 0 Å². The molecular weight excluding hydrogens is 128 g/mol. The standard InChI is InChI=1S/C4HO.C4H3O/c1-3-2-5-4(1)3;1-2-4-5-3-1/h1H;1-3H. The zero-order valence-corrected chi connectivity index (χ0v) is 5.13. The molecule has 0 amide bonds. The molecule has 2 heterocycles. The molecule has 48 valence electrons. The monoisotopic (exact) mass is 132 g/mol. The second kappa shape index (κ2) is 2.06. The lowest BCUT2D eigenvalue weighted by Gasteiger charge is -1.76. The Labute approximate surface area is 58.1 Å². The van der Waals surface area contributed by atoms with Gasteiger partial charge in [-0.15, -0.1) is 0 Å². The van der Waals surface area contributed by atoms with Crippen molar-refractivity contribution in [3.05, 3.63) is 37.0 Å². The molecule has 2 heteroatoms. The summed E-state index contributed by atoms with van der Waals surface area (Å²) in [6, 6.07) is 5.43. The first kappa shape index (κ1) is 5.35. The minimum absolute atomic E-state index is 1.03. The molecule has 0 bridgehead atoms. The Morgan fingerprint density at radius 2 is 2.30 bits per heavy atom. The van der Waals surface area contributed by atoms with Crippen molar-refractivity contribution in [2.75, 3.05) is 0 Å². The molecule has 1 aliphatic heterocycles. The van der Waals surface area contributed by atoms with Crippen LogP contribution in [0.25, 0.3) is 11.3 Å². The second-order valence-corrected chi connectivity index (χ2v) is 1.86. The summed E-state index contributed by atoms with van der Waals surface area (Å²) >= 11 is 0. The Morgan fingerprint density at radius 3 is 2.40 bits per heavy atom. The average Bonchev–Trinajstić information content (AvgIpc) is 2.43. The smallest absolute Gasteiger partial charge is 0.181 e. The summed E-state index contributed by atoms with van der Waals surface area (Å²) in [5, 5.41) is 0. The van der Waals surface area contributed by atoms with Gasteiger partial charge in [0.2, 0.25) is 0 Å². The van der Waals surface area contributed by atoms with Gasteiger partial charge in [-0.05, 0) is 18.2 Å². The fourth-order valence-corrected chi connectivity index (χ4v) is 0.519. The van der Waals surface area contributed by atoms with Crippen molar-refractivity contribution in [1.29, 1.82) is 0 Å². The van der Waals surface area contributed by atoms with Gasteiger partial charge in [0, 0.05) is 0 Å². The highest BCUT2D eigenvalue weighted by Crippen LogP contribution is 2.35. The molecule has 1 aromatic rings. The molecule has 0 unspecified atom stereocenters.